The van der Waals surface area contributed by atoms with Gasteiger partial charge < -0.3 is 14.9 Å². The predicted octanol–water partition coefficient (Wildman–Crippen LogP) is 2.84. The third kappa shape index (κ3) is 3.81. The van der Waals surface area contributed by atoms with Crippen molar-refractivity contribution >= 4 is 29.0 Å². The number of carbonyl (C=O) groups is 1. The molecule has 1 N–H and O–H groups in total. The number of aromatic nitrogens is 2. The lowest BCUT2D eigenvalue weighted by atomic mass is 9.97. The summed E-state index contributed by atoms with van der Waals surface area (Å²) in [6.45, 7) is 3.22. The molecule has 1 aromatic heterocycles. The van der Waals surface area contributed by atoms with Gasteiger partial charge in [-0.3, -0.25) is 14.9 Å². The van der Waals surface area contributed by atoms with Crippen molar-refractivity contribution in [3.63, 3.8) is 0 Å². The van der Waals surface area contributed by atoms with Crippen LogP contribution in [-0.2, 0) is 4.79 Å². The van der Waals surface area contributed by atoms with E-state index in [0.29, 0.717) is 32.5 Å². The number of para-hydroxylation sites is 1. The first-order valence-electron chi connectivity index (χ1n) is 8.82. The summed E-state index contributed by atoms with van der Waals surface area (Å²) in [4.78, 5) is 34.5. The summed E-state index contributed by atoms with van der Waals surface area (Å²) in [5.41, 5.74) is 0.648. The van der Waals surface area contributed by atoms with Crippen molar-refractivity contribution in [3.8, 4) is 0 Å². The van der Waals surface area contributed by atoms with E-state index in [1.54, 1.807) is 9.80 Å². The van der Waals surface area contributed by atoms with Gasteiger partial charge in [-0.05, 0) is 31.9 Å². The minimum absolute atomic E-state index is 0.156. The fraction of sp³-hybridized carbons (Fsp3) is 0.389. The molecule has 0 atom stereocenters. The van der Waals surface area contributed by atoms with Gasteiger partial charge in [-0.2, -0.15) is 0 Å². The highest BCUT2D eigenvalue weighted by Gasteiger charge is 2.33. The summed E-state index contributed by atoms with van der Waals surface area (Å²) < 4.78 is 0. The second kappa shape index (κ2) is 7.98. The Morgan fingerprint density at radius 2 is 1.96 bits per heavy atom. The lowest BCUT2D eigenvalue weighted by molar-refractivity contribution is -0.383. The van der Waals surface area contributed by atoms with Crippen molar-refractivity contribution in [2.45, 2.75) is 19.8 Å². The van der Waals surface area contributed by atoms with Gasteiger partial charge in [0.1, 0.15) is 6.33 Å². The van der Waals surface area contributed by atoms with Gasteiger partial charge in [-0.25, -0.2) is 9.97 Å². The number of nitrogens with zero attached hydrogens (tertiary/aromatic N) is 5. The standard InChI is InChI=1S/C18H21N5O4/c1-2-22(14-6-4-3-5-7-14)17-15(23(26)27)16(19-12-20-17)21-10-8-13(9-11-21)18(24)25/h3-7,12-13H,2,8-11H2,1H3,(H,24,25). The van der Waals surface area contributed by atoms with Gasteiger partial charge in [0.15, 0.2) is 0 Å². The maximum atomic E-state index is 11.9. The lowest BCUT2D eigenvalue weighted by Crippen LogP contribution is -2.37. The molecule has 1 saturated heterocycles. The normalized spacial score (nSPS) is 14.8. The molecule has 0 aliphatic carbocycles. The number of nitro groups is 1. The Morgan fingerprint density at radius 1 is 1.30 bits per heavy atom. The maximum absolute atomic E-state index is 11.9. The molecule has 1 aliphatic rings. The largest absolute Gasteiger partial charge is 0.481 e. The Labute approximate surface area is 156 Å². The van der Waals surface area contributed by atoms with Crippen molar-refractivity contribution in [1.29, 1.82) is 0 Å². The quantitative estimate of drug-likeness (QED) is 0.609. The SMILES string of the molecule is CCN(c1ccccc1)c1ncnc(N2CCC(C(=O)O)CC2)c1[N+](=O)[O-]. The van der Waals surface area contributed by atoms with E-state index in [9.17, 15) is 14.9 Å². The monoisotopic (exact) mass is 371 g/mol. The number of piperidine rings is 1. The van der Waals surface area contributed by atoms with E-state index >= 15 is 0 Å². The second-order valence-electron chi connectivity index (χ2n) is 6.31. The van der Waals surface area contributed by atoms with Crippen LogP contribution < -0.4 is 9.80 Å². The molecule has 0 amide bonds. The van der Waals surface area contributed by atoms with Crippen LogP contribution in [0.1, 0.15) is 19.8 Å². The zero-order valence-corrected chi connectivity index (χ0v) is 15.0. The number of hydrogen-bond donors (Lipinski definition) is 1. The molecule has 0 radical (unpaired) electrons. The Bertz CT molecular complexity index is 822. The molecule has 1 aromatic carbocycles. The van der Waals surface area contributed by atoms with Crippen LogP contribution in [0.15, 0.2) is 36.7 Å². The third-order valence-corrected chi connectivity index (χ3v) is 4.75. The first kappa shape index (κ1) is 18.6. The number of anilines is 3. The number of carboxylic acids is 1. The zero-order chi connectivity index (χ0) is 19.4. The minimum Gasteiger partial charge on any atom is -0.481 e. The lowest BCUT2D eigenvalue weighted by Gasteiger charge is -2.31. The summed E-state index contributed by atoms with van der Waals surface area (Å²) in [5, 5.41) is 21.0. The average molecular weight is 371 g/mol. The molecule has 2 aromatic rings. The van der Waals surface area contributed by atoms with Crippen LogP contribution in [0.3, 0.4) is 0 Å². The molecule has 0 saturated carbocycles. The number of aliphatic carboxylic acids is 1. The highest BCUT2D eigenvalue weighted by atomic mass is 16.6. The molecule has 9 heteroatoms. The molecule has 0 spiro atoms. The molecule has 2 heterocycles. The summed E-state index contributed by atoms with van der Waals surface area (Å²) in [7, 11) is 0. The van der Waals surface area contributed by atoms with Crippen molar-refractivity contribution < 1.29 is 14.8 Å². The summed E-state index contributed by atoms with van der Waals surface area (Å²) in [5.74, 6) is -0.769. The van der Waals surface area contributed by atoms with E-state index in [1.165, 1.54) is 6.33 Å². The smallest absolute Gasteiger partial charge is 0.353 e. The van der Waals surface area contributed by atoms with Crippen LogP contribution in [-0.4, -0.2) is 45.6 Å². The predicted molar refractivity (Wildman–Crippen MR) is 100 cm³/mol. The van der Waals surface area contributed by atoms with Crippen LogP contribution in [0.2, 0.25) is 0 Å². The van der Waals surface area contributed by atoms with Crippen LogP contribution in [0.4, 0.5) is 23.0 Å². The maximum Gasteiger partial charge on any atom is 0.353 e. The number of hydrogen-bond acceptors (Lipinski definition) is 7. The minimum atomic E-state index is -0.825. The van der Waals surface area contributed by atoms with Gasteiger partial charge in [0.2, 0.25) is 11.6 Å². The van der Waals surface area contributed by atoms with E-state index < -0.39 is 16.8 Å². The second-order valence-corrected chi connectivity index (χ2v) is 6.31. The Kier molecular flexibility index (Phi) is 5.49. The summed E-state index contributed by atoms with van der Waals surface area (Å²) in [6.07, 6.45) is 2.19. The molecule has 0 bridgehead atoms. The van der Waals surface area contributed by atoms with E-state index in [1.807, 2.05) is 37.3 Å². The molecular formula is C18H21N5O4. The van der Waals surface area contributed by atoms with Crippen LogP contribution in [0.25, 0.3) is 0 Å². The van der Waals surface area contributed by atoms with E-state index in [2.05, 4.69) is 9.97 Å². The summed E-state index contributed by atoms with van der Waals surface area (Å²) >= 11 is 0. The van der Waals surface area contributed by atoms with Gasteiger partial charge in [0.25, 0.3) is 0 Å². The fourth-order valence-corrected chi connectivity index (χ4v) is 3.35. The van der Waals surface area contributed by atoms with E-state index in [4.69, 9.17) is 5.11 Å². The Balaban J connectivity index is 1.98. The molecule has 0 unspecified atom stereocenters. The zero-order valence-electron chi connectivity index (χ0n) is 15.0. The fourth-order valence-electron chi connectivity index (χ4n) is 3.35. The van der Waals surface area contributed by atoms with Gasteiger partial charge in [-0.1, -0.05) is 18.2 Å². The van der Waals surface area contributed by atoms with E-state index in [-0.39, 0.29) is 17.3 Å². The topological polar surface area (TPSA) is 113 Å². The van der Waals surface area contributed by atoms with Gasteiger partial charge >= 0.3 is 11.7 Å². The average Bonchev–Trinajstić information content (AvgIpc) is 2.69. The van der Waals surface area contributed by atoms with Gasteiger partial charge in [0.05, 0.1) is 10.8 Å². The molecule has 27 heavy (non-hydrogen) atoms. The molecule has 3 rings (SSSR count). The Morgan fingerprint density at radius 3 is 2.52 bits per heavy atom. The first-order chi connectivity index (χ1) is 13.0. The van der Waals surface area contributed by atoms with Crippen molar-refractivity contribution in [2.24, 2.45) is 5.92 Å². The van der Waals surface area contributed by atoms with E-state index in [0.717, 1.165) is 5.69 Å². The highest BCUT2D eigenvalue weighted by Crippen LogP contribution is 2.38. The van der Waals surface area contributed by atoms with Gasteiger partial charge in [-0.15, -0.1) is 0 Å². The molecule has 9 nitrogen and oxygen atoms in total. The van der Waals surface area contributed by atoms with Crippen LogP contribution in [0, 0.1) is 16.0 Å². The van der Waals surface area contributed by atoms with Gasteiger partial charge in [0, 0.05) is 25.3 Å². The molecular weight excluding hydrogens is 350 g/mol. The number of carboxylic acid groups (broad SMARTS) is 1. The molecule has 142 valence electrons. The van der Waals surface area contributed by atoms with Crippen molar-refractivity contribution in [1.82, 2.24) is 9.97 Å². The highest BCUT2D eigenvalue weighted by molar-refractivity contribution is 5.76. The van der Waals surface area contributed by atoms with Crippen LogP contribution in [0.5, 0.6) is 0 Å². The molecule has 1 aliphatic heterocycles. The summed E-state index contributed by atoms with van der Waals surface area (Å²) in [6, 6.07) is 9.34. The number of benzene rings is 1. The van der Waals surface area contributed by atoms with Crippen LogP contribution >= 0.6 is 0 Å². The van der Waals surface area contributed by atoms with Crippen molar-refractivity contribution in [2.75, 3.05) is 29.4 Å². The molecule has 1 fully saturated rings. The van der Waals surface area contributed by atoms with Crippen molar-refractivity contribution in [3.05, 3.63) is 46.8 Å². The Hall–Kier alpha value is -3.23. The first-order valence-corrected chi connectivity index (χ1v) is 8.82. The number of rotatable bonds is 6. The third-order valence-electron chi connectivity index (χ3n) is 4.75.